The number of carbonyl (C=O) groups is 1. The number of halogens is 1. The van der Waals surface area contributed by atoms with Crippen molar-refractivity contribution < 1.29 is 19.2 Å². The van der Waals surface area contributed by atoms with Crippen LogP contribution in [0.1, 0.15) is 17.3 Å². The minimum Gasteiger partial charge on any atom is -0.493 e. The number of rotatable bonds is 6. The van der Waals surface area contributed by atoms with Gasteiger partial charge in [0.2, 0.25) is 0 Å². The van der Waals surface area contributed by atoms with Crippen molar-refractivity contribution >= 4 is 33.2 Å². The number of nitro groups is 1. The van der Waals surface area contributed by atoms with Crippen molar-refractivity contribution in [3.05, 3.63) is 56.5 Å². The summed E-state index contributed by atoms with van der Waals surface area (Å²) >= 11 is 3.30. The van der Waals surface area contributed by atoms with Crippen molar-refractivity contribution in [3.63, 3.8) is 0 Å². The Kier molecular flexibility index (Phi) is 5.75. The van der Waals surface area contributed by atoms with Gasteiger partial charge in [-0.3, -0.25) is 14.9 Å². The van der Waals surface area contributed by atoms with Crippen LogP contribution in [0.25, 0.3) is 0 Å². The van der Waals surface area contributed by atoms with Crippen LogP contribution >= 0.6 is 15.9 Å². The molecule has 0 unspecified atom stereocenters. The van der Waals surface area contributed by atoms with Gasteiger partial charge in [-0.25, -0.2) is 0 Å². The van der Waals surface area contributed by atoms with E-state index in [1.54, 1.807) is 31.2 Å². The normalized spacial score (nSPS) is 10.1. The van der Waals surface area contributed by atoms with Gasteiger partial charge >= 0.3 is 0 Å². The van der Waals surface area contributed by atoms with E-state index in [4.69, 9.17) is 9.47 Å². The fourth-order valence-electron chi connectivity index (χ4n) is 2.04. The monoisotopic (exact) mass is 394 g/mol. The zero-order valence-corrected chi connectivity index (χ0v) is 14.6. The summed E-state index contributed by atoms with van der Waals surface area (Å²) in [6.45, 7) is 2.07. The summed E-state index contributed by atoms with van der Waals surface area (Å²) in [5.74, 6) is -0.138. The summed E-state index contributed by atoms with van der Waals surface area (Å²) in [6, 6.07) is 9.36. The fourth-order valence-corrected chi connectivity index (χ4v) is 2.31. The van der Waals surface area contributed by atoms with E-state index < -0.39 is 10.8 Å². The van der Waals surface area contributed by atoms with Crippen LogP contribution in [0.15, 0.2) is 40.9 Å². The molecule has 0 aliphatic heterocycles. The third-order valence-corrected chi connectivity index (χ3v) is 3.65. The molecule has 8 heteroatoms. The maximum absolute atomic E-state index is 12.4. The lowest BCUT2D eigenvalue weighted by atomic mass is 10.1. The number of hydrogen-bond acceptors (Lipinski definition) is 5. The fraction of sp³-hybridized carbons (Fsp3) is 0.188. The largest absolute Gasteiger partial charge is 0.493 e. The molecule has 0 aliphatic carbocycles. The van der Waals surface area contributed by atoms with Crippen LogP contribution in [0.3, 0.4) is 0 Å². The summed E-state index contributed by atoms with van der Waals surface area (Å²) in [5, 5.41) is 13.9. The minimum absolute atomic E-state index is 0.108. The average molecular weight is 395 g/mol. The quantitative estimate of drug-likeness (QED) is 0.590. The van der Waals surface area contributed by atoms with Gasteiger partial charge in [-0.15, -0.1) is 0 Å². The number of amides is 1. The van der Waals surface area contributed by atoms with Gasteiger partial charge in [-0.1, -0.05) is 15.9 Å². The standard InChI is InChI=1S/C16H15BrN2O5/c1-3-24-15-9-13(19(21)22)12(8-14(15)23-2)16(20)18-11-6-4-10(17)5-7-11/h4-9H,3H2,1-2H3,(H,18,20). The minimum atomic E-state index is -0.627. The molecule has 0 saturated heterocycles. The van der Waals surface area contributed by atoms with Crippen LogP contribution in [0.2, 0.25) is 0 Å². The zero-order chi connectivity index (χ0) is 17.7. The maximum atomic E-state index is 12.4. The number of carbonyl (C=O) groups excluding carboxylic acids is 1. The van der Waals surface area contributed by atoms with Gasteiger partial charge in [0, 0.05) is 16.2 Å². The number of hydrogen-bond donors (Lipinski definition) is 1. The number of ether oxygens (including phenoxy) is 2. The molecule has 0 aromatic heterocycles. The number of nitrogens with zero attached hydrogens (tertiary/aromatic N) is 1. The highest BCUT2D eigenvalue weighted by atomic mass is 79.9. The van der Waals surface area contributed by atoms with E-state index in [0.29, 0.717) is 12.3 Å². The molecule has 2 aromatic carbocycles. The Labute approximate surface area is 146 Å². The molecule has 2 aromatic rings. The Balaban J connectivity index is 2.41. The summed E-state index contributed by atoms with van der Waals surface area (Å²) in [5.41, 5.74) is 0.0578. The van der Waals surface area contributed by atoms with Crippen LogP contribution in [0.4, 0.5) is 11.4 Å². The molecule has 0 spiro atoms. The highest BCUT2D eigenvalue weighted by molar-refractivity contribution is 9.10. The molecule has 0 saturated carbocycles. The molecular formula is C16H15BrN2O5. The van der Waals surface area contributed by atoms with E-state index in [1.165, 1.54) is 19.2 Å². The summed E-state index contributed by atoms with van der Waals surface area (Å²) in [4.78, 5) is 23.1. The Morgan fingerprint density at radius 3 is 2.46 bits per heavy atom. The molecule has 0 atom stereocenters. The Morgan fingerprint density at radius 1 is 1.25 bits per heavy atom. The first-order valence-corrected chi connectivity index (χ1v) is 7.81. The van der Waals surface area contributed by atoms with E-state index in [1.807, 2.05) is 0 Å². The summed E-state index contributed by atoms with van der Waals surface area (Å²) in [6.07, 6.45) is 0. The predicted molar refractivity (Wildman–Crippen MR) is 92.9 cm³/mol. The van der Waals surface area contributed by atoms with E-state index in [0.717, 1.165) is 4.47 Å². The van der Waals surface area contributed by atoms with Gasteiger partial charge in [-0.05, 0) is 31.2 Å². The number of benzene rings is 2. The van der Waals surface area contributed by atoms with Gasteiger partial charge in [0.25, 0.3) is 11.6 Å². The summed E-state index contributed by atoms with van der Waals surface area (Å²) in [7, 11) is 1.40. The van der Waals surface area contributed by atoms with Crippen LogP contribution < -0.4 is 14.8 Å². The zero-order valence-electron chi connectivity index (χ0n) is 13.0. The Hall–Kier alpha value is -2.61. The van der Waals surface area contributed by atoms with Crippen molar-refractivity contribution in [3.8, 4) is 11.5 Å². The molecule has 0 aliphatic rings. The third kappa shape index (κ3) is 4.02. The first-order chi connectivity index (χ1) is 11.5. The van der Waals surface area contributed by atoms with E-state index >= 15 is 0 Å². The van der Waals surface area contributed by atoms with Gasteiger partial charge in [0.1, 0.15) is 5.56 Å². The molecule has 126 valence electrons. The third-order valence-electron chi connectivity index (χ3n) is 3.13. The lowest BCUT2D eigenvalue weighted by Crippen LogP contribution is -2.14. The topological polar surface area (TPSA) is 90.7 Å². The average Bonchev–Trinajstić information content (AvgIpc) is 2.56. The molecule has 0 fully saturated rings. The molecule has 0 radical (unpaired) electrons. The first-order valence-electron chi connectivity index (χ1n) is 7.02. The predicted octanol–water partition coefficient (Wildman–Crippen LogP) is 4.02. The molecule has 7 nitrogen and oxygen atoms in total. The van der Waals surface area contributed by atoms with Gasteiger partial charge in [0.15, 0.2) is 11.5 Å². The van der Waals surface area contributed by atoms with Crippen LogP contribution in [0.5, 0.6) is 11.5 Å². The lowest BCUT2D eigenvalue weighted by molar-refractivity contribution is -0.385. The van der Waals surface area contributed by atoms with Crippen LogP contribution in [0, 0.1) is 10.1 Å². The molecule has 1 N–H and O–H groups in total. The van der Waals surface area contributed by atoms with Crippen LogP contribution in [-0.2, 0) is 0 Å². The maximum Gasteiger partial charge on any atom is 0.286 e. The molecule has 24 heavy (non-hydrogen) atoms. The van der Waals surface area contributed by atoms with E-state index in [9.17, 15) is 14.9 Å². The summed E-state index contributed by atoms with van der Waals surface area (Å²) < 4.78 is 11.3. The SMILES string of the molecule is CCOc1cc([N+](=O)[O-])c(C(=O)Nc2ccc(Br)cc2)cc1OC. The second-order valence-electron chi connectivity index (χ2n) is 4.67. The van der Waals surface area contributed by atoms with E-state index in [2.05, 4.69) is 21.2 Å². The Bertz CT molecular complexity index is 762. The van der Waals surface area contributed by atoms with Gasteiger partial charge in [-0.2, -0.15) is 0 Å². The number of nitro benzene ring substituents is 1. The molecule has 1 amide bonds. The van der Waals surface area contributed by atoms with Gasteiger partial charge < -0.3 is 14.8 Å². The second-order valence-corrected chi connectivity index (χ2v) is 5.59. The molecular weight excluding hydrogens is 380 g/mol. The first kappa shape index (κ1) is 17.7. The number of nitrogens with one attached hydrogen (secondary N) is 1. The lowest BCUT2D eigenvalue weighted by Gasteiger charge is -2.12. The van der Waals surface area contributed by atoms with Crippen molar-refractivity contribution in [2.75, 3.05) is 19.0 Å². The smallest absolute Gasteiger partial charge is 0.286 e. The molecule has 0 bridgehead atoms. The second kappa shape index (κ2) is 7.78. The van der Waals surface area contributed by atoms with Crippen molar-refractivity contribution in [2.45, 2.75) is 6.92 Å². The highest BCUT2D eigenvalue weighted by Crippen LogP contribution is 2.35. The number of methoxy groups -OCH3 is 1. The Morgan fingerprint density at radius 2 is 1.92 bits per heavy atom. The van der Waals surface area contributed by atoms with Crippen LogP contribution in [-0.4, -0.2) is 24.5 Å². The van der Waals surface area contributed by atoms with E-state index in [-0.39, 0.29) is 22.7 Å². The van der Waals surface area contributed by atoms with Gasteiger partial charge in [0.05, 0.1) is 24.7 Å². The van der Waals surface area contributed by atoms with Crippen molar-refractivity contribution in [2.24, 2.45) is 0 Å². The highest BCUT2D eigenvalue weighted by Gasteiger charge is 2.24. The molecule has 0 heterocycles. The van der Waals surface area contributed by atoms with Crippen molar-refractivity contribution in [1.82, 2.24) is 0 Å². The van der Waals surface area contributed by atoms with Crippen molar-refractivity contribution in [1.29, 1.82) is 0 Å². The number of anilines is 1. The molecule has 2 rings (SSSR count).